The molecule has 0 amide bonds. The third-order valence-electron chi connectivity index (χ3n) is 2.44. The van der Waals surface area contributed by atoms with Crippen molar-refractivity contribution in [3.05, 3.63) is 52.6 Å². The topological polar surface area (TPSA) is 31.4 Å². The highest BCUT2D eigenvalue weighted by molar-refractivity contribution is 9.10. The molecule has 0 unspecified atom stereocenters. The molecule has 0 aliphatic carbocycles. The van der Waals surface area contributed by atoms with Crippen LogP contribution in [0.2, 0.25) is 0 Å². The second kappa shape index (κ2) is 6.52. The Labute approximate surface area is 115 Å². The Balaban J connectivity index is 1.99. The van der Waals surface area contributed by atoms with Gasteiger partial charge in [0.25, 0.3) is 0 Å². The monoisotopic (exact) mass is 307 g/mol. The van der Waals surface area contributed by atoms with Crippen molar-refractivity contribution in [2.75, 3.05) is 13.7 Å². The molecule has 0 aliphatic rings. The molecule has 0 bridgehead atoms. The van der Waals surface area contributed by atoms with Crippen LogP contribution in [0.15, 0.2) is 47.1 Å². The van der Waals surface area contributed by atoms with Crippen molar-refractivity contribution in [2.24, 2.45) is 0 Å². The number of halogens is 1. The van der Waals surface area contributed by atoms with Gasteiger partial charge in [-0.3, -0.25) is 0 Å². The maximum Gasteiger partial charge on any atom is 0.219 e. The van der Waals surface area contributed by atoms with Crippen LogP contribution in [-0.4, -0.2) is 18.7 Å². The summed E-state index contributed by atoms with van der Waals surface area (Å²) in [5.41, 5.74) is 1.23. The second-order valence-corrected chi connectivity index (χ2v) is 4.72. The summed E-state index contributed by atoms with van der Waals surface area (Å²) in [6.45, 7) is 0.731. The summed E-state index contributed by atoms with van der Waals surface area (Å²) in [7, 11) is 1.71. The van der Waals surface area contributed by atoms with Crippen LogP contribution in [0.25, 0.3) is 0 Å². The minimum Gasteiger partial charge on any atom is -0.439 e. The number of hydrogen-bond donors (Lipinski definition) is 0. The smallest absolute Gasteiger partial charge is 0.219 e. The molecule has 0 spiro atoms. The van der Waals surface area contributed by atoms with Gasteiger partial charge in [-0.25, -0.2) is 4.98 Å². The fourth-order valence-electron chi connectivity index (χ4n) is 1.49. The molecule has 0 aliphatic heterocycles. The minimum atomic E-state index is 0.586. The lowest BCUT2D eigenvalue weighted by Crippen LogP contribution is -1.94. The summed E-state index contributed by atoms with van der Waals surface area (Å²) < 4.78 is 11.6. The number of methoxy groups -OCH3 is 1. The summed E-state index contributed by atoms with van der Waals surface area (Å²) in [6, 6.07) is 11.7. The van der Waals surface area contributed by atoms with Gasteiger partial charge in [0.15, 0.2) is 0 Å². The first-order valence-electron chi connectivity index (χ1n) is 5.65. The summed E-state index contributed by atoms with van der Waals surface area (Å²) >= 11 is 3.33. The van der Waals surface area contributed by atoms with Crippen molar-refractivity contribution in [1.82, 2.24) is 4.98 Å². The Hall–Kier alpha value is -1.39. The summed E-state index contributed by atoms with van der Waals surface area (Å²) in [5.74, 6) is 1.37. The first-order chi connectivity index (χ1) is 8.78. The van der Waals surface area contributed by atoms with Gasteiger partial charge in [-0.05, 0) is 46.1 Å². The highest BCUT2D eigenvalue weighted by Crippen LogP contribution is 2.21. The van der Waals surface area contributed by atoms with Crippen LogP contribution in [-0.2, 0) is 11.2 Å². The van der Waals surface area contributed by atoms with E-state index in [0.29, 0.717) is 5.88 Å². The van der Waals surface area contributed by atoms with Gasteiger partial charge in [-0.15, -0.1) is 0 Å². The standard InChI is InChI=1S/C14H14BrNO2/c1-17-9-8-11-2-5-13(6-3-11)18-14-7-4-12(15)10-16-14/h2-7,10H,8-9H2,1H3. The van der Waals surface area contributed by atoms with Crippen LogP contribution in [0.5, 0.6) is 11.6 Å². The third-order valence-corrected chi connectivity index (χ3v) is 2.91. The molecule has 18 heavy (non-hydrogen) atoms. The van der Waals surface area contributed by atoms with Crippen LogP contribution >= 0.6 is 15.9 Å². The molecule has 3 nitrogen and oxygen atoms in total. The molecular formula is C14H14BrNO2. The molecule has 0 atom stereocenters. The van der Waals surface area contributed by atoms with E-state index >= 15 is 0 Å². The Morgan fingerprint density at radius 1 is 1.11 bits per heavy atom. The molecule has 0 radical (unpaired) electrons. The first-order valence-corrected chi connectivity index (χ1v) is 6.44. The Bertz CT molecular complexity index is 482. The lowest BCUT2D eigenvalue weighted by Gasteiger charge is -2.06. The van der Waals surface area contributed by atoms with Crippen LogP contribution in [0, 0.1) is 0 Å². The van der Waals surface area contributed by atoms with E-state index < -0.39 is 0 Å². The number of ether oxygens (including phenoxy) is 2. The predicted molar refractivity (Wildman–Crippen MR) is 74.0 cm³/mol. The quantitative estimate of drug-likeness (QED) is 0.841. The second-order valence-electron chi connectivity index (χ2n) is 3.80. The lowest BCUT2D eigenvalue weighted by molar-refractivity contribution is 0.202. The highest BCUT2D eigenvalue weighted by Gasteiger charge is 1.99. The number of rotatable bonds is 5. The molecule has 1 aromatic heterocycles. The van der Waals surface area contributed by atoms with E-state index in [4.69, 9.17) is 9.47 Å². The fourth-order valence-corrected chi connectivity index (χ4v) is 1.72. The zero-order valence-corrected chi connectivity index (χ0v) is 11.7. The molecule has 0 saturated carbocycles. The van der Waals surface area contributed by atoms with Gasteiger partial charge in [-0.1, -0.05) is 12.1 Å². The van der Waals surface area contributed by atoms with Crippen molar-refractivity contribution in [3.63, 3.8) is 0 Å². The number of nitrogens with zero attached hydrogens (tertiary/aromatic N) is 1. The molecule has 2 rings (SSSR count). The van der Waals surface area contributed by atoms with E-state index in [-0.39, 0.29) is 0 Å². The van der Waals surface area contributed by atoms with Crippen molar-refractivity contribution in [3.8, 4) is 11.6 Å². The number of aromatic nitrogens is 1. The molecule has 1 aromatic carbocycles. The number of pyridine rings is 1. The molecular weight excluding hydrogens is 294 g/mol. The molecule has 2 aromatic rings. The third kappa shape index (κ3) is 3.82. The Morgan fingerprint density at radius 2 is 1.89 bits per heavy atom. The molecule has 0 fully saturated rings. The van der Waals surface area contributed by atoms with Crippen molar-refractivity contribution >= 4 is 15.9 Å². The van der Waals surface area contributed by atoms with E-state index in [0.717, 1.165) is 23.2 Å². The van der Waals surface area contributed by atoms with E-state index in [1.54, 1.807) is 13.3 Å². The van der Waals surface area contributed by atoms with Crippen molar-refractivity contribution in [2.45, 2.75) is 6.42 Å². The van der Waals surface area contributed by atoms with Gasteiger partial charge in [-0.2, -0.15) is 0 Å². The van der Waals surface area contributed by atoms with Crippen LogP contribution < -0.4 is 4.74 Å². The average molecular weight is 308 g/mol. The van der Waals surface area contributed by atoms with Crippen molar-refractivity contribution < 1.29 is 9.47 Å². The number of hydrogen-bond acceptors (Lipinski definition) is 3. The van der Waals surface area contributed by atoms with Gasteiger partial charge < -0.3 is 9.47 Å². The summed E-state index contributed by atoms with van der Waals surface area (Å²) in [5, 5.41) is 0. The van der Waals surface area contributed by atoms with Crippen LogP contribution in [0.4, 0.5) is 0 Å². The van der Waals surface area contributed by atoms with Crippen LogP contribution in [0.1, 0.15) is 5.56 Å². The maximum atomic E-state index is 5.63. The van der Waals surface area contributed by atoms with Gasteiger partial charge in [0.05, 0.1) is 6.61 Å². The molecule has 94 valence electrons. The van der Waals surface area contributed by atoms with Crippen LogP contribution in [0.3, 0.4) is 0 Å². The highest BCUT2D eigenvalue weighted by atomic mass is 79.9. The summed E-state index contributed by atoms with van der Waals surface area (Å²) in [4.78, 5) is 4.16. The number of benzene rings is 1. The van der Waals surface area contributed by atoms with Gasteiger partial charge in [0, 0.05) is 23.8 Å². The zero-order chi connectivity index (χ0) is 12.8. The van der Waals surface area contributed by atoms with Gasteiger partial charge in [0.1, 0.15) is 5.75 Å². The van der Waals surface area contributed by atoms with E-state index in [9.17, 15) is 0 Å². The van der Waals surface area contributed by atoms with Gasteiger partial charge in [0.2, 0.25) is 5.88 Å². The SMILES string of the molecule is COCCc1ccc(Oc2ccc(Br)cn2)cc1. The van der Waals surface area contributed by atoms with E-state index in [2.05, 4.69) is 20.9 Å². The van der Waals surface area contributed by atoms with E-state index in [1.807, 2.05) is 36.4 Å². The predicted octanol–water partition coefficient (Wildman–Crippen LogP) is 3.83. The minimum absolute atomic E-state index is 0.586. The zero-order valence-electron chi connectivity index (χ0n) is 10.1. The van der Waals surface area contributed by atoms with E-state index in [1.165, 1.54) is 5.56 Å². The first kappa shape index (κ1) is 13.1. The maximum absolute atomic E-state index is 5.63. The Kier molecular flexibility index (Phi) is 4.73. The normalized spacial score (nSPS) is 10.3. The molecule has 0 saturated heterocycles. The Morgan fingerprint density at radius 3 is 2.50 bits per heavy atom. The molecule has 1 heterocycles. The summed E-state index contributed by atoms with van der Waals surface area (Å²) in [6.07, 6.45) is 2.62. The van der Waals surface area contributed by atoms with Crippen molar-refractivity contribution in [1.29, 1.82) is 0 Å². The average Bonchev–Trinajstić information content (AvgIpc) is 2.41. The largest absolute Gasteiger partial charge is 0.439 e. The molecule has 0 N–H and O–H groups in total. The molecule has 4 heteroatoms. The fraction of sp³-hybridized carbons (Fsp3) is 0.214. The lowest BCUT2D eigenvalue weighted by atomic mass is 10.1. The van der Waals surface area contributed by atoms with Gasteiger partial charge >= 0.3 is 0 Å².